The van der Waals surface area contributed by atoms with Crippen LogP contribution in [0.5, 0.6) is 11.5 Å². The van der Waals surface area contributed by atoms with E-state index >= 15 is 0 Å². The maximum Gasteiger partial charge on any atom is 0.236 e. The fourth-order valence-corrected chi connectivity index (χ4v) is 2.48. The molecule has 21 heavy (non-hydrogen) atoms. The molecule has 0 saturated carbocycles. The number of nitrogens with one attached hydrogen (secondary N) is 1. The number of benzene rings is 2. The first-order valence-electron chi connectivity index (χ1n) is 6.96. The summed E-state index contributed by atoms with van der Waals surface area (Å²) in [5.41, 5.74) is 2.12. The highest BCUT2D eigenvalue weighted by Crippen LogP contribution is 2.42. The van der Waals surface area contributed by atoms with Crippen LogP contribution in [0.2, 0.25) is 0 Å². The van der Waals surface area contributed by atoms with Crippen molar-refractivity contribution in [1.82, 2.24) is 10.2 Å². The standard InChI is InChI=1S/C17H18N2O2/c1-19(2)16(20)11-18-17-12-7-3-5-9-14(12)21-15-10-6-4-8-13(15)17/h3-10,17-18H,11H2,1-2H3. The number of hydrogen-bond acceptors (Lipinski definition) is 3. The van der Waals surface area contributed by atoms with Gasteiger partial charge in [-0.25, -0.2) is 0 Å². The Hall–Kier alpha value is -2.33. The summed E-state index contributed by atoms with van der Waals surface area (Å²) in [5.74, 6) is 1.73. The molecule has 0 unspecified atom stereocenters. The van der Waals surface area contributed by atoms with Crippen molar-refractivity contribution in [2.24, 2.45) is 0 Å². The van der Waals surface area contributed by atoms with Gasteiger partial charge in [-0.1, -0.05) is 36.4 Å². The van der Waals surface area contributed by atoms with E-state index in [0.29, 0.717) is 6.54 Å². The molecule has 2 aromatic rings. The summed E-state index contributed by atoms with van der Waals surface area (Å²) in [6.07, 6.45) is 0. The molecule has 1 N–H and O–H groups in total. The van der Waals surface area contributed by atoms with Gasteiger partial charge in [0, 0.05) is 25.2 Å². The van der Waals surface area contributed by atoms with Crippen LogP contribution in [-0.2, 0) is 4.79 Å². The van der Waals surface area contributed by atoms with Crippen LogP contribution in [-0.4, -0.2) is 31.4 Å². The van der Waals surface area contributed by atoms with Gasteiger partial charge in [0.15, 0.2) is 0 Å². The average molecular weight is 282 g/mol. The van der Waals surface area contributed by atoms with Crippen LogP contribution in [0.3, 0.4) is 0 Å². The topological polar surface area (TPSA) is 41.6 Å². The molecule has 1 amide bonds. The van der Waals surface area contributed by atoms with Crippen molar-refractivity contribution in [2.75, 3.05) is 20.6 Å². The molecule has 0 atom stereocenters. The van der Waals surface area contributed by atoms with Gasteiger partial charge in [-0.15, -0.1) is 0 Å². The first-order chi connectivity index (χ1) is 10.2. The van der Waals surface area contributed by atoms with E-state index in [2.05, 4.69) is 5.32 Å². The molecule has 0 saturated heterocycles. The SMILES string of the molecule is CN(C)C(=O)CNC1c2ccccc2Oc2ccccc21. The second kappa shape index (κ2) is 5.58. The molecule has 3 rings (SSSR count). The third kappa shape index (κ3) is 2.62. The molecular weight excluding hydrogens is 264 g/mol. The number of carbonyl (C=O) groups is 1. The smallest absolute Gasteiger partial charge is 0.236 e. The lowest BCUT2D eigenvalue weighted by molar-refractivity contribution is -0.127. The van der Waals surface area contributed by atoms with Gasteiger partial charge >= 0.3 is 0 Å². The van der Waals surface area contributed by atoms with Gasteiger partial charge in [0.05, 0.1) is 12.6 Å². The van der Waals surface area contributed by atoms with Crippen molar-refractivity contribution in [3.63, 3.8) is 0 Å². The molecule has 4 nitrogen and oxygen atoms in total. The van der Waals surface area contributed by atoms with Crippen LogP contribution in [0, 0.1) is 0 Å². The number of fused-ring (bicyclic) bond motifs is 2. The third-order valence-electron chi connectivity index (χ3n) is 3.64. The summed E-state index contributed by atoms with van der Waals surface area (Å²) in [6, 6.07) is 15.8. The lowest BCUT2D eigenvalue weighted by atomic mass is 9.94. The van der Waals surface area contributed by atoms with Crippen molar-refractivity contribution < 1.29 is 9.53 Å². The number of para-hydroxylation sites is 2. The van der Waals surface area contributed by atoms with Crippen molar-refractivity contribution in [1.29, 1.82) is 0 Å². The van der Waals surface area contributed by atoms with Crippen molar-refractivity contribution in [3.8, 4) is 11.5 Å². The Bertz CT molecular complexity index is 622. The van der Waals surface area contributed by atoms with Gasteiger partial charge in [0.25, 0.3) is 0 Å². The number of nitrogens with zero attached hydrogens (tertiary/aromatic N) is 1. The maximum absolute atomic E-state index is 11.8. The second-order valence-corrected chi connectivity index (χ2v) is 5.28. The number of ether oxygens (including phenoxy) is 1. The molecule has 1 aliphatic rings. The molecule has 108 valence electrons. The predicted octanol–water partition coefficient (Wildman–Crippen LogP) is 2.56. The molecule has 1 heterocycles. The summed E-state index contributed by atoms with van der Waals surface area (Å²) in [5, 5.41) is 3.34. The molecular formula is C17H18N2O2. The monoisotopic (exact) mass is 282 g/mol. The first kappa shape index (κ1) is 13.6. The van der Waals surface area contributed by atoms with E-state index in [1.54, 1.807) is 19.0 Å². The second-order valence-electron chi connectivity index (χ2n) is 5.28. The number of likely N-dealkylation sites (N-methyl/N-ethyl adjacent to an activating group) is 1. The van der Waals surface area contributed by atoms with E-state index in [-0.39, 0.29) is 11.9 Å². The zero-order valence-corrected chi connectivity index (χ0v) is 12.2. The van der Waals surface area contributed by atoms with Crippen molar-refractivity contribution >= 4 is 5.91 Å². The first-order valence-corrected chi connectivity index (χ1v) is 6.96. The normalized spacial score (nSPS) is 13.0. The maximum atomic E-state index is 11.8. The molecule has 4 heteroatoms. The molecule has 0 spiro atoms. The summed E-state index contributed by atoms with van der Waals surface area (Å²) < 4.78 is 5.93. The van der Waals surface area contributed by atoms with E-state index in [0.717, 1.165) is 22.6 Å². The lowest BCUT2D eigenvalue weighted by Crippen LogP contribution is -2.36. The molecule has 1 aliphatic heterocycles. The van der Waals surface area contributed by atoms with Crippen LogP contribution in [0.4, 0.5) is 0 Å². The van der Waals surface area contributed by atoms with Gasteiger partial charge < -0.3 is 9.64 Å². The molecule has 0 bridgehead atoms. The fourth-order valence-electron chi connectivity index (χ4n) is 2.48. The Morgan fingerprint density at radius 3 is 2.10 bits per heavy atom. The zero-order chi connectivity index (χ0) is 14.8. The number of hydrogen-bond donors (Lipinski definition) is 1. The van der Waals surface area contributed by atoms with Gasteiger partial charge in [0.1, 0.15) is 11.5 Å². The van der Waals surface area contributed by atoms with Crippen LogP contribution in [0.15, 0.2) is 48.5 Å². The van der Waals surface area contributed by atoms with Crippen molar-refractivity contribution in [3.05, 3.63) is 59.7 Å². The van der Waals surface area contributed by atoms with Gasteiger partial charge in [-0.2, -0.15) is 0 Å². The fraction of sp³-hybridized carbons (Fsp3) is 0.235. The minimum absolute atomic E-state index is 0.0324. The highest BCUT2D eigenvalue weighted by atomic mass is 16.5. The average Bonchev–Trinajstić information content (AvgIpc) is 2.51. The number of amides is 1. The lowest BCUT2D eigenvalue weighted by Gasteiger charge is -2.29. The van der Waals surface area contributed by atoms with E-state index in [9.17, 15) is 4.79 Å². The van der Waals surface area contributed by atoms with Crippen molar-refractivity contribution in [2.45, 2.75) is 6.04 Å². The van der Waals surface area contributed by atoms with Gasteiger partial charge in [-0.05, 0) is 12.1 Å². The quantitative estimate of drug-likeness (QED) is 0.940. The van der Waals surface area contributed by atoms with E-state index in [4.69, 9.17) is 4.74 Å². The Labute approximate surface area is 124 Å². The Morgan fingerprint density at radius 2 is 1.57 bits per heavy atom. The largest absolute Gasteiger partial charge is 0.457 e. The Morgan fingerprint density at radius 1 is 1.05 bits per heavy atom. The van der Waals surface area contributed by atoms with Crippen LogP contribution >= 0.6 is 0 Å². The van der Waals surface area contributed by atoms with Gasteiger partial charge in [0.2, 0.25) is 5.91 Å². The minimum atomic E-state index is -0.0324. The zero-order valence-electron chi connectivity index (χ0n) is 12.2. The molecule has 0 aliphatic carbocycles. The van der Waals surface area contributed by atoms with Crippen LogP contribution in [0.25, 0.3) is 0 Å². The van der Waals surface area contributed by atoms with Gasteiger partial charge in [-0.3, -0.25) is 10.1 Å². The van der Waals surface area contributed by atoms with Crippen LogP contribution in [0.1, 0.15) is 17.2 Å². The Balaban J connectivity index is 1.93. The predicted molar refractivity (Wildman–Crippen MR) is 81.5 cm³/mol. The highest BCUT2D eigenvalue weighted by Gasteiger charge is 2.26. The molecule has 2 aromatic carbocycles. The van der Waals surface area contributed by atoms with E-state index < -0.39 is 0 Å². The van der Waals surface area contributed by atoms with Crippen LogP contribution < -0.4 is 10.1 Å². The van der Waals surface area contributed by atoms with E-state index in [1.165, 1.54) is 0 Å². The summed E-state index contributed by atoms with van der Waals surface area (Å²) in [7, 11) is 3.52. The highest BCUT2D eigenvalue weighted by molar-refractivity contribution is 5.77. The summed E-state index contributed by atoms with van der Waals surface area (Å²) in [6.45, 7) is 0.292. The van der Waals surface area contributed by atoms with E-state index in [1.807, 2.05) is 48.5 Å². The molecule has 0 fully saturated rings. The third-order valence-corrected chi connectivity index (χ3v) is 3.64. The Kier molecular flexibility index (Phi) is 3.62. The summed E-state index contributed by atoms with van der Waals surface area (Å²) >= 11 is 0. The number of rotatable bonds is 3. The molecule has 0 radical (unpaired) electrons. The summed E-state index contributed by atoms with van der Waals surface area (Å²) in [4.78, 5) is 13.4. The minimum Gasteiger partial charge on any atom is -0.457 e. The molecule has 0 aromatic heterocycles. The number of carbonyl (C=O) groups excluding carboxylic acids is 1.